The molecular weight excluding hydrogens is 230 g/mol. The Bertz CT molecular complexity index is 290. The van der Waals surface area contributed by atoms with E-state index >= 15 is 0 Å². The molecule has 1 N–H and O–H groups in total. The lowest BCUT2D eigenvalue weighted by molar-refractivity contribution is -0.0618. The molecule has 0 spiro atoms. The molecule has 5 aliphatic rings. The van der Waals surface area contributed by atoms with E-state index < -0.39 is 0 Å². The first-order chi connectivity index (χ1) is 9.35. The summed E-state index contributed by atoms with van der Waals surface area (Å²) in [6, 6.07) is 0.857. The van der Waals surface area contributed by atoms with Crippen molar-refractivity contribution in [2.75, 3.05) is 7.05 Å². The fraction of sp³-hybridized carbons (Fsp3) is 1.00. The van der Waals surface area contributed by atoms with Crippen molar-refractivity contribution in [3.63, 3.8) is 0 Å². The van der Waals surface area contributed by atoms with Crippen molar-refractivity contribution in [1.82, 2.24) is 5.32 Å². The van der Waals surface area contributed by atoms with Crippen LogP contribution in [-0.2, 0) is 0 Å². The van der Waals surface area contributed by atoms with Crippen molar-refractivity contribution in [2.24, 2.45) is 35.5 Å². The van der Waals surface area contributed by atoms with Gasteiger partial charge in [-0.2, -0.15) is 0 Å². The predicted molar refractivity (Wildman–Crippen MR) is 80.0 cm³/mol. The van der Waals surface area contributed by atoms with Gasteiger partial charge in [0, 0.05) is 6.04 Å². The average Bonchev–Trinajstić information content (AvgIpc) is 2.43. The molecule has 0 aromatic carbocycles. The van der Waals surface area contributed by atoms with Crippen molar-refractivity contribution < 1.29 is 0 Å². The van der Waals surface area contributed by atoms with Crippen molar-refractivity contribution in [1.29, 1.82) is 0 Å². The molecule has 0 amide bonds. The largest absolute Gasteiger partial charge is 0.316 e. The van der Waals surface area contributed by atoms with E-state index in [1.807, 2.05) is 0 Å². The minimum atomic E-state index is 0.857. The summed E-state index contributed by atoms with van der Waals surface area (Å²) in [5.74, 6) is 6.48. The van der Waals surface area contributed by atoms with Gasteiger partial charge in [-0.3, -0.25) is 0 Å². The third-order valence-electron chi connectivity index (χ3n) is 7.21. The zero-order valence-corrected chi connectivity index (χ0v) is 12.6. The smallest absolute Gasteiger partial charge is 0.0126 e. The zero-order chi connectivity index (χ0) is 12.8. The molecule has 0 aromatic rings. The quantitative estimate of drug-likeness (QED) is 0.802. The van der Waals surface area contributed by atoms with Crippen molar-refractivity contribution >= 4 is 0 Å². The third-order valence-corrected chi connectivity index (χ3v) is 7.21. The van der Waals surface area contributed by atoms with Crippen molar-refractivity contribution in [3.8, 4) is 0 Å². The van der Waals surface area contributed by atoms with Crippen LogP contribution in [0.3, 0.4) is 0 Å². The number of hydrogen-bond donors (Lipinski definition) is 1. The van der Waals surface area contributed by atoms with Crippen LogP contribution in [-0.4, -0.2) is 13.1 Å². The molecule has 0 aromatic heterocycles. The second-order valence-corrected chi connectivity index (χ2v) is 8.22. The fourth-order valence-electron chi connectivity index (χ4n) is 6.79. The Kier molecular flexibility index (Phi) is 3.38. The Labute approximate surface area is 118 Å². The van der Waals surface area contributed by atoms with E-state index in [0.29, 0.717) is 0 Å². The van der Waals surface area contributed by atoms with Gasteiger partial charge in [-0.1, -0.05) is 19.3 Å². The van der Waals surface area contributed by atoms with Crippen molar-refractivity contribution in [2.45, 2.75) is 70.3 Å². The van der Waals surface area contributed by atoms with Crippen LogP contribution in [0.25, 0.3) is 0 Å². The highest BCUT2D eigenvalue weighted by Crippen LogP contribution is 2.58. The topological polar surface area (TPSA) is 12.0 Å². The Balaban J connectivity index is 1.53. The molecule has 5 saturated carbocycles. The van der Waals surface area contributed by atoms with E-state index in [1.165, 1.54) is 32.1 Å². The normalized spacial score (nSPS) is 47.5. The lowest BCUT2D eigenvalue weighted by Gasteiger charge is -2.57. The monoisotopic (exact) mass is 261 g/mol. The summed E-state index contributed by atoms with van der Waals surface area (Å²) in [4.78, 5) is 0. The van der Waals surface area contributed by atoms with Crippen LogP contribution >= 0.6 is 0 Å². The first-order valence-corrected chi connectivity index (χ1v) is 9.02. The molecule has 1 heteroatoms. The van der Waals surface area contributed by atoms with Gasteiger partial charge in [0.05, 0.1) is 0 Å². The van der Waals surface area contributed by atoms with Crippen LogP contribution < -0.4 is 5.32 Å². The highest BCUT2D eigenvalue weighted by atomic mass is 14.9. The summed E-state index contributed by atoms with van der Waals surface area (Å²) in [6.07, 6.45) is 15.4. The fourth-order valence-corrected chi connectivity index (χ4v) is 6.79. The van der Waals surface area contributed by atoms with Gasteiger partial charge in [0.15, 0.2) is 0 Å². The maximum Gasteiger partial charge on any atom is 0.0126 e. The van der Waals surface area contributed by atoms with Crippen LogP contribution in [0.4, 0.5) is 0 Å². The van der Waals surface area contributed by atoms with E-state index in [9.17, 15) is 0 Å². The maximum atomic E-state index is 3.80. The molecule has 1 unspecified atom stereocenters. The van der Waals surface area contributed by atoms with E-state index in [-0.39, 0.29) is 0 Å². The van der Waals surface area contributed by atoms with E-state index in [4.69, 9.17) is 0 Å². The molecule has 108 valence electrons. The number of rotatable bonds is 3. The predicted octanol–water partition coefficient (Wildman–Crippen LogP) is 4.23. The summed E-state index contributed by atoms with van der Waals surface area (Å²) in [5, 5.41) is 3.80. The van der Waals surface area contributed by atoms with Crippen LogP contribution in [0.1, 0.15) is 64.2 Å². The standard InChI is InChI=1S/C18H31N/c1-19-18(14-5-3-2-4-6-14)17-15-8-12-7-13(10-15)11-16(17)9-12/h12-19H,2-11H2,1H3. The van der Waals surface area contributed by atoms with Gasteiger partial charge in [-0.15, -0.1) is 0 Å². The van der Waals surface area contributed by atoms with Crippen LogP contribution in [0.15, 0.2) is 0 Å². The molecule has 5 rings (SSSR count). The zero-order valence-electron chi connectivity index (χ0n) is 12.6. The van der Waals surface area contributed by atoms with E-state index in [1.54, 1.807) is 32.1 Å². The van der Waals surface area contributed by atoms with Gasteiger partial charge in [0.1, 0.15) is 0 Å². The van der Waals surface area contributed by atoms with Gasteiger partial charge >= 0.3 is 0 Å². The molecule has 5 fully saturated rings. The first kappa shape index (κ1) is 12.7. The van der Waals surface area contributed by atoms with Gasteiger partial charge in [0.2, 0.25) is 0 Å². The second kappa shape index (κ2) is 5.06. The SMILES string of the molecule is CNC(C1CCCCC1)C1C2CC3CC(C2)CC1C3. The molecule has 1 nitrogen and oxygen atoms in total. The summed E-state index contributed by atoms with van der Waals surface area (Å²) in [6.45, 7) is 0. The Morgan fingerprint density at radius 1 is 0.789 bits per heavy atom. The van der Waals surface area contributed by atoms with Gasteiger partial charge in [-0.05, 0) is 87.5 Å². The van der Waals surface area contributed by atoms with Gasteiger partial charge in [0.25, 0.3) is 0 Å². The summed E-state index contributed by atoms with van der Waals surface area (Å²) in [7, 11) is 2.25. The lowest BCUT2D eigenvalue weighted by Crippen LogP contribution is -2.54. The summed E-state index contributed by atoms with van der Waals surface area (Å²) < 4.78 is 0. The Morgan fingerprint density at radius 2 is 1.37 bits per heavy atom. The summed E-state index contributed by atoms with van der Waals surface area (Å²) in [5.41, 5.74) is 0. The summed E-state index contributed by atoms with van der Waals surface area (Å²) >= 11 is 0. The van der Waals surface area contributed by atoms with E-state index in [0.717, 1.165) is 41.5 Å². The molecule has 0 aliphatic heterocycles. The minimum absolute atomic E-state index is 0.857. The molecule has 4 bridgehead atoms. The van der Waals surface area contributed by atoms with Gasteiger partial charge in [-0.25, -0.2) is 0 Å². The van der Waals surface area contributed by atoms with Crippen LogP contribution in [0.5, 0.6) is 0 Å². The van der Waals surface area contributed by atoms with Crippen LogP contribution in [0, 0.1) is 35.5 Å². The van der Waals surface area contributed by atoms with E-state index in [2.05, 4.69) is 12.4 Å². The lowest BCUT2D eigenvalue weighted by atomic mass is 9.49. The Hall–Kier alpha value is -0.0400. The Morgan fingerprint density at radius 3 is 1.89 bits per heavy atom. The second-order valence-electron chi connectivity index (χ2n) is 8.22. The molecule has 19 heavy (non-hydrogen) atoms. The minimum Gasteiger partial charge on any atom is -0.316 e. The number of hydrogen-bond acceptors (Lipinski definition) is 1. The first-order valence-electron chi connectivity index (χ1n) is 9.02. The molecule has 0 radical (unpaired) electrons. The van der Waals surface area contributed by atoms with Gasteiger partial charge < -0.3 is 5.32 Å². The molecule has 1 atom stereocenters. The van der Waals surface area contributed by atoms with Crippen LogP contribution in [0.2, 0.25) is 0 Å². The number of nitrogens with one attached hydrogen (secondary N) is 1. The molecule has 0 heterocycles. The highest BCUT2D eigenvalue weighted by molar-refractivity contribution is 5.02. The van der Waals surface area contributed by atoms with Crippen molar-refractivity contribution in [3.05, 3.63) is 0 Å². The molecule has 5 aliphatic carbocycles. The molecule has 0 saturated heterocycles. The average molecular weight is 261 g/mol. The highest BCUT2D eigenvalue weighted by Gasteiger charge is 2.51. The molecular formula is C18H31N. The third kappa shape index (κ3) is 2.17. The maximum absolute atomic E-state index is 3.80.